The third kappa shape index (κ3) is 5.36. The normalized spacial score (nSPS) is 15.1. The lowest BCUT2D eigenvalue weighted by molar-refractivity contribution is -0.142. The highest BCUT2D eigenvalue weighted by Gasteiger charge is 2.40. The number of amides is 1. The second-order valence-electron chi connectivity index (χ2n) is 8.48. The summed E-state index contributed by atoms with van der Waals surface area (Å²) in [6.07, 6.45) is -2.61. The van der Waals surface area contributed by atoms with Crippen LogP contribution in [0.3, 0.4) is 0 Å². The molecule has 10 nitrogen and oxygen atoms in total. The van der Waals surface area contributed by atoms with Crippen LogP contribution in [-0.4, -0.2) is 46.1 Å². The monoisotopic (exact) mass is 541 g/mol. The van der Waals surface area contributed by atoms with Gasteiger partial charge in [-0.15, -0.1) is 20.4 Å². The van der Waals surface area contributed by atoms with Gasteiger partial charge in [0.25, 0.3) is 17.7 Å². The Morgan fingerprint density at radius 3 is 2.35 bits per heavy atom. The molecule has 2 aromatic heterocycles. The first-order chi connectivity index (χ1) is 17.2. The number of aliphatic hydroxyl groups is 1. The van der Waals surface area contributed by atoms with Crippen molar-refractivity contribution in [2.45, 2.75) is 42.9 Å². The Morgan fingerprint density at radius 1 is 1.11 bits per heavy atom. The van der Waals surface area contributed by atoms with Crippen molar-refractivity contribution in [1.29, 1.82) is 0 Å². The van der Waals surface area contributed by atoms with E-state index in [1.54, 1.807) is 0 Å². The minimum absolute atomic E-state index is 0.0398. The average Bonchev–Trinajstić information content (AvgIpc) is 2.77. The number of rotatable bonds is 6. The number of nitrogens with one attached hydrogen (secondary N) is 1. The van der Waals surface area contributed by atoms with Crippen LogP contribution in [-0.2, 0) is 21.6 Å². The Balaban J connectivity index is 1.73. The summed E-state index contributed by atoms with van der Waals surface area (Å²) >= 11 is 0. The number of ether oxygens (including phenoxy) is 1. The number of nitrogens with zero attached hydrogens (tertiary/aromatic N) is 4. The second-order valence-corrected chi connectivity index (χ2v) is 10.5. The molecule has 1 amide bonds. The summed E-state index contributed by atoms with van der Waals surface area (Å²) in [7, 11) is -3.65. The summed E-state index contributed by atoms with van der Waals surface area (Å²) in [5, 5.41) is 26.3. The molecule has 1 fully saturated rings. The molecule has 0 spiro atoms. The van der Waals surface area contributed by atoms with E-state index in [0.29, 0.717) is 19.3 Å². The summed E-state index contributed by atoms with van der Waals surface area (Å²) in [5.41, 5.74) is -4.32. The molecular formula is C22H19F4N5O5S. The van der Waals surface area contributed by atoms with E-state index in [4.69, 9.17) is 4.74 Å². The van der Waals surface area contributed by atoms with Crippen molar-refractivity contribution in [2.75, 3.05) is 11.6 Å². The van der Waals surface area contributed by atoms with Crippen molar-refractivity contribution in [3.05, 3.63) is 58.7 Å². The topological polar surface area (TPSA) is 144 Å². The van der Waals surface area contributed by atoms with E-state index >= 15 is 0 Å². The van der Waals surface area contributed by atoms with Crippen molar-refractivity contribution < 1.29 is 40.6 Å². The van der Waals surface area contributed by atoms with E-state index in [1.165, 1.54) is 18.2 Å². The maximum atomic E-state index is 14.7. The number of anilines is 1. The quantitative estimate of drug-likeness (QED) is 0.448. The average molecular weight is 541 g/mol. The van der Waals surface area contributed by atoms with Crippen LogP contribution < -0.4 is 10.1 Å². The van der Waals surface area contributed by atoms with E-state index in [0.717, 1.165) is 25.3 Å². The van der Waals surface area contributed by atoms with E-state index in [1.807, 2.05) is 0 Å². The summed E-state index contributed by atoms with van der Waals surface area (Å²) in [5.74, 6) is -3.87. The van der Waals surface area contributed by atoms with Crippen molar-refractivity contribution in [2.24, 2.45) is 0 Å². The Morgan fingerprint density at radius 2 is 1.78 bits per heavy atom. The molecule has 0 bridgehead atoms. The number of hydrogen-bond donors (Lipinski definition) is 2. The van der Waals surface area contributed by atoms with Crippen LogP contribution in [0.1, 0.15) is 46.6 Å². The molecule has 0 radical (unpaired) electrons. The molecule has 1 aliphatic rings. The lowest BCUT2D eigenvalue weighted by Crippen LogP contribution is -2.35. The molecule has 3 aromatic rings. The minimum atomic E-state index is -4.98. The molecule has 0 saturated heterocycles. The van der Waals surface area contributed by atoms with Crippen LogP contribution in [0, 0.1) is 12.7 Å². The summed E-state index contributed by atoms with van der Waals surface area (Å²) in [6.45, 7) is 0.948. The standard InChI is InChI=1S/C22H19F4N5O5S/c1-11-16(18(32)27-12-5-3-6-13(9-12)37(2,34)35)20(31-29-17(11)22(24,25)26)36-19-14(23)10-15(28-30-19)21(33)7-4-8-21/h3,5-6,9-10,33H,4,7-8H2,1-2H3,(H,27,32). The highest BCUT2D eigenvalue weighted by molar-refractivity contribution is 7.90. The van der Waals surface area contributed by atoms with Gasteiger partial charge in [0.05, 0.1) is 10.6 Å². The number of benzene rings is 1. The SMILES string of the molecule is Cc1c(C(F)(F)F)nnc(Oc2nnc(C3(O)CCC3)cc2F)c1C(=O)Nc1cccc(S(C)(=O)=O)c1. The maximum absolute atomic E-state index is 14.7. The first-order valence-electron chi connectivity index (χ1n) is 10.7. The fourth-order valence-corrected chi connectivity index (χ4v) is 4.29. The van der Waals surface area contributed by atoms with Gasteiger partial charge in [-0.1, -0.05) is 6.07 Å². The van der Waals surface area contributed by atoms with Gasteiger partial charge in [-0.25, -0.2) is 12.8 Å². The zero-order chi connectivity index (χ0) is 27.2. The summed E-state index contributed by atoms with van der Waals surface area (Å²) < 4.78 is 84.0. The fourth-order valence-electron chi connectivity index (χ4n) is 3.62. The molecule has 0 atom stereocenters. The molecule has 4 rings (SSSR count). The number of sulfone groups is 1. The number of alkyl halides is 3. The Bertz CT molecular complexity index is 1490. The largest absolute Gasteiger partial charge is 0.435 e. The Hall–Kier alpha value is -3.72. The maximum Gasteiger partial charge on any atom is 0.435 e. The van der Waals surface area contributed by atoms with Crippen LogP contribution in [0.25, 0.3) is 0 Å². The number of carbonyl (C=O) groups is 1. The molecule has 15 heteroatoms. The molecule has 1 aliphatic carbocycles. The molecule has 1 saturated carbocycles. The second kappa shape index (κ2) is 9.30. The Labute approximate surface area is 207 Å². The van der Waals surface area contributed by atoms with Gasteiger partial charge in [0, 0.05) is 18.0 Å². The number of carbonyl (C=O) groups excluding carboxylic acids is 1. The number of halogens is 4. The molecule has 0 unspecified atom stereocenters. The van der Waals surface area contributed by atoms with Crippen molar-refractivity contribution in [3.8, 4) is 11.8 Å². The van der Waals surface area contributed by atoms with Crippen molar-refractivity contribution >= 4 is 21.4 Å². The van der Waals surface area contributed by atoms with Gasteiger partial charge >= 0.3 is 6.18 Å². The molecule has 0 aliphatic heterocycles. The third-order valence-corrected chi connectivity index (χ3v) is 6.88. The number of hydrogen-bond acceptors (Lipinski definition) is 9. The predicted molar refractivity (Wildman–Crippen MR) is 119 cm³/mol. The molecule has 1 aromatic carbocycles. The van der Waals surface area contributed by atoms with Gasteiger partial charge < -0.3 is 15.2 Å². The van der Waals surface area contributed by atoms with Gasteiger partial charge in [0.2, 0.25) is 0 Å². The summed E-state index contributed by atoms with van der Waals surface area (Å²) in [4.78, 5) is 12.9. The van der Waals surface area contributed by atoms with Gasteiger partial charge in [-0.3, -0.25) is 4.79 Å². The zero-order valence-corrected chi connectivity index (χ0v) is 20.1. The van der Waals surface area contributed by atoms with Crippen LogP contribution >= 0.6 is 0 Å². The number of aromatic nitrogens is 4. The van der Waals surface area contributed by atoms with Crippen LogP contribution in [0.2, 0.25) is 0 Å². The van der Waals surface area contributed by atoms with Crippen molar-refractivity contribution in [1.82, 2.24) is 20.4 Å². The predicted octanol–water partition coefficient (Wildman–Crippen LogP) is 3.55. The molecule has 196 valence electrons. The van der Waals surface area contributed by atoms with Crippen molar-refractivity contribution in [3.63, 3.8) is 0 Å². The minimum Gasteiger partial charge on any atom is -0.414 e. The van der Waals surface area contributed by atoms with E-state index in [2.05, 4.69) is 25.7 Å². The molecular weight excluding hydrogens is 522 g/mol. The highest BCUT2D eigenvalue weighted by Crippen LogP contribution is 2.41. The third-order valence-electron chi connectivity index (χ3n) is 5.77. The highest BCUT2D eigenvalue weighted by atomic mass is 32.2. The van der Waals surface area contributed by atoms with Crippen LogP contribution in [0.15, 0.2) is 35.2 Å². The van der Waals surface area contributed by atoms with Crippen LogP contribution in [0.5, 0.6) is 11.8 Å². The van der Waals surface area contributed by atoms with Gasteiger partial charge in [-0.2, -0.15) is 13.2 Å². The van der Waals surface area contributed by atoms with E-state index in [9.17, 15) is 35.9 Å². The Kier molecular flexibility index (Phi) is 6.62. The lowest BCUT2D eigenvalue weighted by Gasteiger charge is -2.35. The van der Waals surface area contributed by atoms with Crippen LogP contribution in [0.4, 0.5) is 23.2 Å². The van der Waals surface area contributed by atoms with Gasteiger partial charge in [0.1, 0.15) is 11.2 Å². The smallest absolute Gasteiger partial charge is 0.414 e. The zero-order valence-electron chi connectivity index (χ0n) is 19.3. The van der Waals surface area contributed by atoms with Gasteiger partial charge in [-0.05, 0) is 49.9 Å². The molecule has 2 N–H and O–H groups in total. The molecule has 37 heavy (non-hydrogen) atoms. The lowest BCUT2D eigenvalue weighted by atomic mass is 9.78. The summed E-state index contributed by atoms with van der Waals surface area (Å²) in [6, 6.07) is 5.90. The van der Waals surface area contributed by atoms with E-state index in [-0.39, 0.29) is 16.3 Å². The van der Waals surface area contributed by atoms with Gasteiger partial charge in [0.15, 0.2) is 21.3 Å². The molecule has 2 heterocycles. The first kappa shape index (κ1) is 26.3. The fraction of sp³-hybridized carbons (Fsp3) is 0.318. The first-order valence-corrected chi connectivity index (χ1v) is 12.6. The van der Waals surface area contributed by atoms with E-state index < -0.39 is 61.9 Å².